The van der Waals surface area contributed by atoms with Crippen LogP contribution in [0.1, 0.15) is 66.2 Å². The number of amides is 1. The molecule has 0 saturated heterocycles. The maximum absolute atomic E-state index is 13.2. The molecule has 178 valence electrons. The fraction of sp³-hybridized carbons (Fsp3) is 0.481. The van der Waals surface area contributed by atoms with Gasteiger partial charge < -0.3 is 14.6 Å². The first kappa shape index (κ1) is 25.0. The zero-order valence-corrected chi connectivity index (χ0v) is 21.4. The monoisotopic (exact) mass is 467 g/mol. The minimum Gasteiger partial charge on any atom is -0.497 e. The molecule has 1 amide bonds. The number of ether oxygens (including phenoxy) is 1. The van der Waals surface area contributed by atoms with Crippen LogP contribution < -0.4 is 10.1 Å². The van der Waals surface area contributed by atoms with Crippen LogP contribution in [0.3, 0.4) is 0 Å². The number of aryl methyl sites for hydroxylation is 2. The highest BCUT2D eigenvalue weighted by atomic mass is 32.1. The third-order valence-corrected chi connectivity index (χ3v) is 7.14. The van der Waals surface area contributed by atoms with Gasteiger partial charge in [0.15, 0.2) is 0 Å². The standard InChI is InChI=1S/C27H37N3O2S/c1-6-8-9-21(7-2)17-28-27(31)24-16-26(25-18-33-20(4)29-25)30(19(24)3)15-14-22-10-12-23(32-5)13-11-22/h10-13,16,18,21H,6-9,14-15,17H2,1-5H3,(H,28,31). The maximum atomic E-state index is 13.2. The minimum absolute atomic E-state index is 0.0128. The van der Waals surface area contributed by atoms with Gasteiger partial charge in [-0.15, -0.1) is 11.3 Å². The number of carbonyl (C=O) groups is 1. The summed E-state index contributed by atoms with van der Waals surface area (Å²) in [4.78, 5) is 17.9. The van der Waals surface area contributed by atoms with Crippen LogP contribution in [0.25, 0.3) is 11.4 Å². The van der Waals surface area contributed by atoms with Crippen LogP contribution in [0.2, 0.25) is 0 Å². The first-order valence-corrected chi connectivity index (χ1v) is 12.9. The van der Waals surface area contributed by atoms with Crippen molar-refractivity contribution in [1.29, 1.82) is 0 Å². The number of hydrogen-bond acceptors (Lipinski definition) is 4. The molecule has 2 heterocycles. The molecule has 0 aliphatic rings. The number of hydrogen-bond donors (Lipinski definition) is 1. The van der Waals surface area contributed by atoms with E-state index in [-0.39, 0.29) is 5.91 Å². The third-order valence-electron chi connectivity index (χ3n) is 6.37. The van der Waals surface area contributed by atoms with E-state index >= 15 is 0 Å². The fourth-order valence-electron chi connectivity index (χ4n) is 4.17. The van der Waals surface area contributed by atoms with E-state index in [1.165, 1.54) is 24.8 Å². The van der Waals surface area contributed by atoms with Crippen molar-refractivity contribution in [3.63, 3.8) is 0 Å². The van der Waals surface area contributed by atoms with Gasteiger partial charge in [0.05, 0.1) is 29.1 Å². The summed E-state index contributed by atoms with van der Waals surface area (Å²) in [7, 11) is 1.68. The Balaban J connectivity index is 1.81. The van der Waals surface area contributed by atoms with Crippen molar-refractivity contribution in [3.8, 4) is 17.1 Å². The SMILES string of the molecule is CCCCC(CC)CNC(=O)c1cc(-c2csc(C)n2)n(CCc2ccc(OC)cc2)c1C. The molecule has 0 bridgehead atoms. The summed E-state index contributed by atoms with van der Waals surface area (Å²) < 4.78 is 7.51. The summed E-state index contributed by atoms with van der Waals surface area (Å²) in [5, 5.41) is 6.30. The second kappa shape index (κ2) is 12.0. The lowest BCUT2D eigenvalue weighted by atomic mass is 9.99. The van der Waals surface area contributed by atoms with Crippen molar-refractivity contribution in [3.05, 3.63) is 57.5 Å². The van der Waals surface area contributed by atoms with Crippen molar-refractivity contribution in [2.45, 2.75) is 66.3 Å². The predicted octanol–water partition coefficient (Wildman–Crippen LogP) is 6.43. The lowest BCUT2D eigenvalue weighted by molar-refractivity contribution is 0.0945. The molecular formula is C27H37N3O2S. The van der Waals surface area contributed by atoms with Crippen LogP contribution in [0, 0.1) is 19.8 Å². The van der Waals surface area contributed by atoms with Gasteiger partial charge in [-0.3, -0.25) is 4.79 Å². The van der Waals surface area contributed by atoms with Gasteiger partial charge in [0, 0.05) is 24.2 Å². The Morgan fingerprint density at radius 2 is 1.97 bits per heavy atom. The molecule has 6 heteroatoms. The topological polar surface area (TPSA) is 56.2 Å². The van der Waals surface area contributed by atoms with Gasteiger partial charge in [0.1, 0.15) is 5.75 Å². The molecule has 0 aliphatic carbocycles. The van der Waals surface area contributed by atoms with Crippen LogP contribution in [0.15, 0.2) is 35.7 Å². The van der Waals surface area contributed by atoms with E-state index in [0.717, 1.165) is 59.3 Å². The van der Waals surface area contributed by atoms with Crippen LogP contribution in [-0.4, -0.2) is 29.1 Å². The van der Waals surface area contributed by atoms with E-state index in [1.807, 2.05) is 32.0 Å². The Hall–Kier alpha value is -2.60. The predicted molar refractivity (Wildman–Crippen MR) is 137 cm³/mol. The molecular weight excluding hydrogens is 430 g/mol. The summed E-state index contributed by atoms with van der Waals surface area (Å²) in [6.07, 6.45) is 5.52. The lowest BCUT2D eigenvalue weighted by Gasteiger charge is -2.15. The average molecular weight is 468 g/mol. The van der Waals surface area contributed by atoms with E-state index in [4.69, 9.17) is 9.72 Å². The van der Waals surface area contributed by atoms with E-state index in [1.54, 1.807) is 18.4 Å². The normalized spacial score (nSPS) is 12.0. The molecule has 1 unspecified atom stereocenters. The molecule has 0 spiro atoms. The quantitative estimate of drug-likeness (QED) is 0.334. The number of unbranched alkanes of at least 4 members (excludes halogenated alkanes) is 1. The molecule has 0 saturated carbocycles. The van der Waals surface area contributed by atoms with Gasteiger partial charge >= 0.3 is 0 Å². The first-order chi connectivity index (χ1) is 16.0. The zero-order valence-electron chi connectivity index (χ0n) is 20.6. The molecule has 33 heavy (non-hydrogen) atoms. The van der Waals surface area contributed by atoms with Crippen LogP contribution in [0.5, 0.6) is 5.75 Å². The molecule has 1 atom stereocenters. The van der Waals surface area contributed by atoms with Crippen molar-refractivity contribution in [1.82, 2.24) is 14.9 Å². The summed E-state index contributed by atoms with van der Waals surface area (Å²) in [6.45, 7) is 9.99. The van der Waals surface area contributed by atoms with Crippen LogP contribution in [-0.2, 0) is 13.0 Å². The summed E-state index contributed by atoms with van der Waals surface area (Å²) in [5.74, 6) is 1.41. The van der Waals surface area contributed by atoms with Gasteiger partial charge in [0.25, 0.3) is 5.91 Å². The Bertz CT molecular complexity index is 1040. The lowest BCUT2D eigenvalue weighted by Crippen LogP contribution is -2.29. The second-order valence-corrected chi connectivity index (χ2v) is 9.72. The Morgan fingerprint density at radius 1 is 1.21 bits per heavy atom. The van der Waals surface area contributed by atoms with E-state index < -0.39 is 0 Å². The molecule has 1 aromatic carbocycles. The summed E-state index contributed by atoms with van der Waals surface area (Å²) in [6, 6.07) is 10.2. The van der Waals surface area contributed by atoms with Gasteiger partial charge in [0.2, 0.25) is 0 Å². The number of aromatic nitrogens is 2. The molecule has 3 rings (SSSR count). The number of methoxy groups -OCH3 is 1. The zero-order chi connectivity index (χ0) is 23.8. The van der Waals surface area contributed by atoms with E-state index in [9.17, 15) is 4.79 Å². The molecule has 0 radical (unpaired) electrons. The fourth-order valence-corrected chi connectivity index (χ4v) is 4.77. The number of benzene rings is 1. The van der Waals surface area contributed by atoms with Gasteiger partial charge in [-0.05, 0) is 56.4 Å². The summed E-state index contributed by atoms with van der Waals surface area (Å²) in [5.41, 5.74) is 4.91. The second-order valence-electron chi connectivity index (χ2n) is 8.66. The third kappa shape index (κ3) is 6.47. The van der Waals surface area contributed by atoms with Crippen molar-refractivity contribution in [2.75, 3.05) is 13.7 Å². The molecule has 0 fully saturated rings. The minimum atomic E-state index is 0.0128. The van der Waals surface area contributed by atoms with E-state index in [0.29, 0.717) is 5.92 Å². The molecule has 0 aliphatic heterocycles. The number of carbonyl (C=O) groups excluding carboxylic acids is 1. The van der Waals surface area contributed by atoms with Crippen molar-refractivity contribution < 1.29 is 9.53 Å². The molecule has 3 aromatic rings. The summed E-state index contributed by atoms with van der Waals surface area (Å²) >= 11 is 1.64. The van der Waals surface area contributed by atoms with Gasteiger partial charge in [-0.2, -0.15) is 0 Å². The largest absolute Gasteiger partial charge is 0.497 e. The molecule has 5 nitrogen and oxygen atoms in total. The molecule has 2 aromatic heterocycles. The number of thiazole rings is 1. The van der Waals surface area contributed by atoms with Gasteiger partial charge in [-0.25, -0.2) is 4.98 Å². The Morgan fingerprint density at radius 3 is 2.58 bits per heavy atom. The van der Waals surface area contributed by atoms with Gasteiger partial charge in [-0.1, -0.05) is 45.2 Å². The number of nitrogens with one attached hydrogen (secondary N) is 1. The van der Waals surface area contributed by atoms with E-state index in [2.05, 4.69) is 41.2 Å². The maximum Gasteiger partial charge on any atom is 0.253 e. The highest BCUT2D eigenvalue weighted by Gasteiger charge is 2.20. The highest BCUT2D eigenvalue weighted by molar-refractivity contribution is 7.09. The highest BCUT2D eigenvalue weighted by Crippen LogP contribution is 2.28. The smallest absolute Gasteiger partial charge is 0.253 e. The van der Waals surface area contributed by atoms with Crippen LogP contribution in [0.4, 0.5) is 0 Å². The average Bonchev–Trinajstić information content (AvgIpc) is 3.40. The van der Waals surface area contributed by atoms with Crippen LogP contribution >= 0.6 is 11.3 Å². The number of nitrogens with zero attached hydrogens (tertiary/aromatic N) is 2. The first-order valence-electron chi connectivity index (χ1n) is 12.0. The van der Waals surface area contributed by atoms with Crippen molar-refractivity contribution in [2.24, 2.45) is 5.92 Å². The number of rotatable bonds is 12. The Labute approximate surface area is 202 Å². The molecule has 1 N–H and O–H groups in total. The van der Waals surface area contributed by atoms with Crippen molar-refractivity contribution >= 4 is 17.2 Å². The Kier molecular flexibility index (Phi) is 9.12.